The predicted molar refractivity (Wildman–Crippen MR) is 91.2 cm³/mol. The van der Waals surface area contributed by atoms with E-state index in [1.807, 2.05) is 4.90 Å². The zero-order valence-corrected chi connectivity index (χ0v) is 14.0. The average molecular weight is 357 g/mol. The van der Waals surface area contributed by atoms with Crippen molar-refractivity contribution in [3.63, 3.8) is 0 Å². The molecule has 0 saturated carbocycles. The molecule has 1 atom stereocenters. The number of piperazine rings is 1. The highest BCUT2D eigenvalue weighted by atomic mass is 16.3. The molecular weight excluding hydrogens is 338 g/mol. The van der Waals surface area contributed by atoms with E-state index in [9.17, 15) is 14.7 Å². The summed E-state index contributed by atoms with van der Waals surface area (Å²) in [6, 6.07) is 0.721. The van der Waals surface area contributed by atoms with Crippen molar-refractivity contribution in [2.45, 2.75) is 6.04 Å². The van der Waals surface area contributed by atoms with E-state index in [1.165, 1.54) is 18.6 Å². The highest BCUT2D eigenvalue weighted by Gasteiger charge is 2.29. The second-order valence-electron chi connectivity index (χ2n) is 5.66. The Balaban J connectivity index is 1.57. The number of nitrogens with zero attached hydrogens (tertiary/aromatic N) is 6. The van der Waals surface area contributed by atoms with Crippen molar-refractivity contribution < 1.29 is 14.7 Å². The van der Waals surface area contributed by atoms with Crippen LogP contribution in [0.4, 0.5) is 5.95 Å². The van der Waals surface area contributed by atoms with Gasteiger partial charge in [0.25, 0.3) is 5.91 Å². The Bertz CT molecular complexity index is 736. The molecule has 136 valence electrons. The zero-order valence-electron chi connectivity index (χ0n) is 14.0. The molecule has 0 radical (unpaired) electrons. The minimum absolute atomic E-state index is 0.0878. The Morgan fingerprint density at radius 3 is 2.42 bits per heavy atom. The quantitative estimate of drug-likeness (QED) is 0.677. The van der Waals surface area contributed by atoms with E-state index in [0.29, 0.717) is 32.1 Å². The predicted octanol–water partition coefficient (Wildman–Crippen LogP) is -1.29. The molecule has 0 unspecified atom stereocenters. The monoisotopic (exact) mass is 357 g/mol. The Morgan fingerprint density at radius 1 is 1.08 bits per heavy atom. The summed E-state index contributed by atoms with van der Waals surface area (Å²) >= 11 is 0. The van der Waals surface area contributed by atoms with Gasteiger partial charge in [-0.15, -0.1) is 0 Å². The Hall–Kier alpha value is -3.14. The largest absolute Gasteiger partial charge is 0.394 e. The minimum atomic E-state index is -1.02. The van der Waals surface area contributed by atoms with E-state index >= 15 is 0 Å². The molecule has 0 spiro atoms. The molecular formula is C16H19N7O3. The molecule has 2 aromatic heterocycles. The molecule has 0 aliphatic carbocycles. The lowest BCUT2D eigenvalue weighted by Crippen LogP contribution is -2.56. The standard InChI is InChI=1S/C16H19N7O3/c24-11-13(21-14(25)12-10-17-4-5-18-12)15(26)22-6-8-23(9-7-22)16-19-2-1-3-20-16/h1-5,10,13,24H,6-9,11H2,(H,21,25)/t13-/m0/s1. The van der Waals surface area contributed by atoms with E-state index in [2.05, 4.69) is 25.3 Å². The van der Waals surface area contributed by atoms with Crippen LogP contribution in [0.5, 0.6) is 0 Å². The van der Waals surface area contributed by atoms with Gasteiger partial charge in [0.2, 0.25) is 11.9 Å². The molecule has 0 bridgehead atoms. The Labute approximate surface area is 149 Å². The maximum absolute atomic E-state index is 12.6. The number of aliphatic hydroxyl groups excluding tert-OH is 1. The topological polar surface area (TPSA) is 124 Å². The van der Waals surface area contributed by atoms with Gasteiger partial charge in [0.05, 0.1) is 12.8 Å². The zero-order chi connectivity index (χ0) is 18.4. The van der Waals surface area contributed by atoms with Crippen LogP contribution < -0.4 is 10.2 Å². The van der Waals surface area contributed by atoms with Crippen molar-refractivity contribution in [3.05, 3.63) is 42.7 Å². The molecule has 10 heteroatoms. The molecule has 1 fully saturated rings. The maximum Gasteiger partial charge on any atom is 0.272 e. The number of hydrogen-bond donors (Lipinski definition) is 2. The first-order chi connectivity index (χ1) is 12.7. The summed E-state index contributed by atoms with van der Waals surface area (Å²) in [7, 11) is 0. The van der Waals surface area contributed by atoms with E-state index in [1.54, 1.807) is 23.4 Å². The summed E-state index contributed by atoms with van der Waals surface area (Å²) in [4.78, 5) is 44.4. The highest BCUT2D eigenvalue weighted by Crippen LogP contribution is 2.10. The van der Waals surface area contributed by atoms with Crippen LogP contribution in [-0.2, 0) is 4.79 Å². The molecule has 0 aromatic carbocycles. The third-order valence-corrected chi connectivity index (χ3v) is 4.01. The second-order valence-corrected chi connectivity index (χ2v) is 5.66. The SMILES string of the molecule is O=C(N[C@@H](CO)C(=O)N1CCN(c2ncccn2)CC1)c1cnccn1. The summed E-state index contributed by atoms with van der Waals surface area (Å²) in [5.41, 5.74) is 0.0878. The summed E-state index contributed by atoms with van der Waals surface area (Å²) in [5.74, 6) is -0.269. The van der Waals surface area contributed by atoms with Crippen molar-refractivity contribution in [1.29, 1.82) is 0 Å². The van der Waals surface area contributed by atoms with Crippen LogP contribution in [0.1, 0.15) is 10.5 Å². The lowest BCUT2D eigenvalue weighted by atomic mass is 10.2. The second kappa shape index (κ2) is 8.30. The fourth-order valence-corrected chi connectivity index (χ4v) is 2.64. The molecule has 26 heavy (non-hydrogen) atoms. The fourth-order valence-electron chi connectivity index (χ4n) is 2.64. The number of anilines is 1. The number of rotatable bonds is 5. The van der Waals surface area contributed by atoms with Crippen molar-refractivity contribution >= 4 is 17.8 Å². The van der Waals surface area contributed by atoms with Gasteiger partial charge in [-0.05, 0) is 6.07 Å². The minimum Gasteiger partial charge on any atom is -0.394 e. The van der Waals surface area contributed by atoms with Crippen LogP contribution in [-0.4, -0.2) is 80.6 Å². The first-order valence-electron chi connectivity index (χ1n) is 8.17. The molecule has 1 aliphatic heterocycles. The van der Waals surface area contributed by atoms with Gasteiger partial charge in [0.1, 0.15) is 11.7 Å². The molecule has 10 nitrogen and oxygen atoms in total. The first kappa shape index (κ1) is 17.7. The van der Waals surface area contributed by atoms with Gasteiger partial charge in [-0.1, -0.05) is 0 Å². The van der Waals surface area contributed by atoms with Crippen LogP contribution in [0.25, 0.3) is 0 Å². The third kappa shape index (κ3) is 4.09. The lowest BCUT2D eigenvalue weighted by molar-refractivity contribution is -0.134. The number of amides is 2. The van der Waals surface area contributed by atoms with Gasteiger partial charge in [-0.2, -0.15) is 0 Å². The summed E-state index contributed by atoms with van der Waals surface area (Å²) < 4.78 is 0. The van der Waals surface area contributed by atoms with Crippen molar-refractivity contribution in [3.8, 4) is 0 Å². The number of hydrogen-bond acceptors (Lipinski definition) is 8. The first-order valence-corrected chi connectivity index (χ1v) is 8.17. The molecule has 1 aliphatic rings. The van der Waals surface area contributed by atoms with E-state index < -0.39 is 18.6 Å². The molecule has 2 N–H and O–H groups in total. The normalized spacial score (nSPS) is 15.4. The van der Waals surface area contributed by atoms with Gasteiger partial charge >= 0.3 is 0 Å². The van der Waals surface area contributed by atoms with Crippen LogP contribution in [0, 0.1) is 0 Å². The van der Waals surface area contributed by atoms with Gasteiger partial charge in [-0.3, -0.25) is 14.6 Å². The third-order valence-electron chi connectivity index (χ3n) is 4.01. The van der Waals surface area contributed by atoms with E-state index in [4.69, 9.17) is 0 Å². The van der Waals surface area contributed by atoms with Crippen molar-refractivity contribution in [2.24, 2.45) is 0 Å². The van der Waals surface area contributed by atoms with Crippen LogP contribution >= 0.6 is 0 Å². The van der Waals surface area contributed by atoms with Gasteiger partial charge < -0.3 is 20.2 Å². The van der Waals surface area contributed by atoms with Gasteiger partial charge in [0, 0.05) is 51.0 Å². The van der Waals surface area contributed by atoms with Crippen LogP contribution in [0.3, 0.4) is 0 Å². The Morgan fingerprint density at radius 2 is 1.81 bits per heavy atom. The highest BCUT2D eigenvalue weighted by molar-refractivity contribution is 5.96. The summed E-state index contributed by atoms with van der Waals surface area (Å²) in [6.45, 7) is 1.56. The van der Waals surface area contributed by atoms with Gasteiger partial charge in [0.15, 0.2) is 0 Å². The molecule has 2 amide bonds. The Kier molecular flexibility index (Phi) is 5.64. The van der Waals surface area contributed by atoms with E-state index in [-0.39, 0.29) is 11.6 Å². The number of carbonyl (C=O) groups excluding carboxylic acids is 2. The molecule has 3 rings (SSSR count). The number of aliphatic hydroxyl groups is 1. The molecule has 1 saturated heterocycles. The smallest absolute Gasteiger partial charge is 0.272 e. The van der Waals surface area contributed by atoms with Crippen LogP contribution in [0.2, 0.25) is 0 Å². The van der Waals surface area contributed by atoms with E-state index in [0.717, 1.165) is 0 Å². The average Bonchev–Trinajstić information content (AvgIpc) is 2.72. The molecule has 3 heterocycles. The summed E-state index contributed by atoms with van der Waals surface area (Å²) in [6.07, 6.45) is 7.47. The number of carbonyl (C=O) groups is 2. The summed E-state index contributed by atoms with van der Waals surface area (Å²) in [5, 5.41) is 12.0. The van der Waals surface area contributed by atoms with Crippen molar-refractivity contribution in [1.82, 2.24) is 30.2 Å². The van der Waals surface area contributed by atoms with Crippen molar-refractivity contribution in [2.75, 3.05) is 37.7 Å². The molecule has 2 aromatic rings. The number of nitrogens with one attached hydrogen (secondary N) is 1. The fraction of sp³-hybridized carbons (Fsp3) is 0.375. The maximum atomic E-state index is 12.6. The lowest BCUT2D eigenvalue weighted by Gasteiger charge is -2.36. The van der Waals surface area contributed by atoms with Gasteiger partial charge in [-0.25, -0.2) is 15.0 Å². The van der Waals surface area contributed by atoms with Crippen LogP contribution in [0.15, 0.2) is 37.1 Å². The number of aromatic nitrogens is 4.